The number of anilines is 1. The van der Waals surface area contributed by atoms with Gasteiger partial charge >= 0.3 is 0 Å². The van der Waals surface area contributed by atoms with Gasteiger partial charge in [-0.05, 0) is 48.2 Å². The van der Waals surface area contributed by atoms with Gasteiger partial charge in [-0.1, -0.05) is 48.5 Å². The molecule has 142 valence electrons. The fourth-order valence-electron chi connectivity index (χ4n) is 2.79. The van der Waals surface area contributed by atoms with Gasteiger partial charge in [-0.3, -0.25) is 9.59 Å². The lowest BCUT2D eigenvalue weighted by Gasteiger charge is -2.19. The molecule has 0 aliphatic rings. The predicted octanol–water partition coefficient (Wildman–Crippen LogP) is 4.39. The Morgan fingerprint density at radius 2 is 1.46 bits per heavy atom. The summed E-state index contributed by atoms with van der Waals surface area (Å²) in [6.07, 6.45) is 2.41. The summed E-state index contributed by atoms with van der Waals surface area (Å²) in [6.45, 7) is 0. The molecule has 3 aromatic carbocycles. The number of nitrogens with one attached hydrogen (secondary N) is 2. The molecule has 4 nitrogen and oxygen atoms in total. The van der Waals surface area contributed by atoms with Gasteiger partial charge < -0.3 is 10.6 Å². The fourth-order valence-corrected chi connectivity index (χ4v) is 3.20. The number of carbonyl (C=O) groups excluding carboxylic acids is 2. The molecule has 0 spiro atoms. The van der Waals surface area contributed by atoms with Crippen LogP contribution < -0.4 is 10.6 Å². The smallest absolute Gasteiger partial charge is 0.251 e. The Labute approximate surface area is 169 Å². The Morgan fingerprint density at radius 1 is 0.857 bits per heavy atom. The van der Waals surface area contributed by atoms with E-state index in [0.29, 0.717) is 17.7 Å². The minimum absolute atomic E-state index is 0.245. The molecule has 0 aliphatic heterocycles. The maximum Gasteiger partial charge on any atom is 0.251 e. The standard InChI is InChI=1S/C23H22N2O2S/c1-28-20-14-12-19(13-15-20)24-23(27)21(16-17-8-4-2-5-9-17)25-22(26)18-10-6-3-7-11-18/h2-15,21H,16H2,1H3,(H,24,27)(H,25,26)/t21-/m0/s1. The van der Waals surface area contributed by atoms with Crippen molar-refractivity contribution in [2.45, 2.75) is 17.4 Å². The molecule has 28 heavy (non-hydrogen) atoms. The lowest BCUT2D eigenvalue weighted by molar-refractivity contribution is -0.118. The first kappa shape index (κ1) is 19.7. The SMILES string of the molecule is CSc1ccc(NC(=O)[C@H](Cc2ccccc2)NC(=O)c2ccccc2)cc1. The predicted molar refractivity (Wildman–Crippen MR) is 115 cm³/mol. The normalized spacial score (nSPS) is 11.5. The van der Waals surface area contributed by atoms with Crippen LogP contribution in [0.25, 0.3) is 0 Å². The zero-order valence-corrected chi connectivity index (χ0v) is 16.4. The molecule has 0 aromatic heterocycles. The van der Waals surface area contributed by atoms with E-state index in [1.807, 2.05) is 66.9 Å². The second-order valence-corrected chi connectivity index (χ2v) is 7.18. The molecule has 0 aliphatic carbocycles. The number of rotatable bonds is 7. The van der Waals surface area contributed by atoms with Crippen LogP contribution in [0.4, 0.5) is 5.69 Å². The zero-order valence-electron chi connectivity index (χ0n) is 15.6. The van der Waals surface area contributed by atoms with Crippen molar-refractivity contribution in [3.8, 4) is 0 Å². The molecule has 0 fully saturated rings. The average Bonchev–Trinajstić information content (AvgIpc) is 2.75. The van der Waals surface area contributed by atoms with Gasteiger partial charge in [-0.15, -0.1) is 11.8 Å². The summed E-state index contributed by atoms with van der Waals surface area (Å²) in [7, 11) is 0. The van der Waals surface area contributed by atoms with Crippen LogP contribution in [0.1, 0.15) is 15.9 Å². The van der Waals surface area contributed by atoms with E-state index in [1.54, 1.807) is 36.0 Å². The monoisotopic (exact) mass is 390 g/mol. The molecular formula is C23H22N2O2S. The molecule has 0 bridgehead atoms. The van der Waals surface area contributed by atoms with Crippen LogP contribution in [-0.2, 0) is 11.2 Å². The maximum absolute atomic E-state index is 12.9. The van der Waals surface area contributed by atoms with Gasteiger partial charge in [0.1, 0.15) is 6.04 Å². The largest absolute Gasteiger partial charge is 0.340 e. The third-order valence-corrected chi connectivity index (χ3v) is 5.04. The Morgan fingerprint density at radius 3 is 2.07 bits per heavy atom. The van der Waals surface area contributed by atoms with Gasteiger partial charge in [0.2, 0.25) is 5.91 Å². The highest BCUT2D eigenvalue weighted by molar-refractivity contribution is 7.98. The fraction of sp³-hybridized carbons (Fsp3) is 0.130. The first-order valence-corrected chi connectivity index (χ1v) is 10.2. The second-order valence-electron chi connectivity index (χ2n) is 6.30. The van der Waals surface area contributed by atoms with E-state index in [-0.39, 0.29) is 11.8 Å². The van der Waals surface area contributed by atoms with Crippen molar-refractivity contribution in [3.63, 3.8) is 0 Å². The maximum atomic E-state index is 12.9. The molecule has 5 heteroatoms. The Kier molecular flexibility index (Phi) is 6.87. The van der Waals surface area contributed by atoms with Gasteiger partial charge in [0.15, 0.2) is 0 Å². The van der Waals surface area contributed by atoms with Crippen molar-refractivity contribution in [1.29, 1.82) is 0 Å². The van der Waals surface area contributed by atoms with E-state index in [2.05, 4.69) is 10.6 Å². The molecular weight excluding hydrogens is 368 g/mol. The first-order chi connectivity index (χ1) is 13.7. The van der Waals surface area contributed by atoms with E-state index in [1.165, 1.54) is 0 Å². The molecule has 2 N–H and O–H groups in total. The number of amides is 2. The summed E-state index contributed by atoms with van der Waals surface area (Å²) in [5, 5.41) is 5.78. The van der Waals surface area contributed by atoms with Crippen LogP contribution in [0, 0.1) is 0 Å². The molecule has 2 amide bonds. The average molecular weight is 391 g/mol. The van der Waals surface area contributed by atoms with Crippen LogP contribution in [0.2, 0.25) is 0 Å². The van der Waals surface area contributed by atoms with Gasteiger partial charge in [-0.25, -0.2) is 0 Å². The molecule has 0 radical (unpaired) electrons. The molecule has 3 aromatic rings. The molecule has 0 saturated carbocycles. The van der Waals surface area contributed by atoms with Crippen molar-refractivity contribution in [2.75, 3.05) is 11.6 Å². The van der Waals surface area contributed by atoms with Crippen LogP contribution in [-0.4, -0.2) is 24.1 Å². The highest BCUT2D eigenvalue weighted by Gasteiger charge is 2.22. The Balaban J connectivity index is 1.76. The molecule has 1 atom stereocenters. The molecule has 0 unspecified atom stereocenters. The van der Waals surface area contributed by atoms with Crippen LogP contribution in [0.15, 0.2) is 89.8 Å². The second kappa shape index (κ2) is 9.76. The highest BCUT2D eigenvalue weighted by Crippen LogP contribution is 2.18. The number of hydrogen-bond acceptors (Lipinski definition) is 3. The molecule has 3 rings (SSSR count). The van der Waals surface area contributed by atoms with Gasteiger partial charge in [0.25, 0.3) is 5.91 Å². The third-order valence-electron chi connectivity index (χ3n) is 4.30. The number of benzene rings is 3. The van der Waals surface area contributed by atoms with Gasteiger partial charge in [0, 0.05) is 22.6 Å². The summed E-state index contributed by atoms with van der Waals surface area (Å²) in [5.41, 5.74) is 2.21. The van der Waals surface area contributed by atoms with Crippen molar-refractivity contribution in [2.24, 2.45) is 0 Å². The third kappa shape index (κ3) is 5.47. The summed E-state index contributed by atoms with van der Waals surface area (Å²) in [6, 6.07) is 25.5. The Bertz CT molecular complexity index is 912. The van der Waals surface area contributed by atoms with Crippen LogP contribution >= 0.6 is 11.8 Å². The van der Waals surface area contributed by atoms with Crippen LogP contribution in [0.3, 0.4) is 0 Å². The summed E-state index contributed by atoms with van der Waals surface area (Å²) in [5.74, 6) is -0.514. The quantitative estimate of drug-likeness (QED) is 0.588. The van der Waals surface area contributed by atoms with E-state index < -0.39 is 6.04 Å². The zero-order chi connectivity index (χ0) is 19.8. The topological polar surface area (TPSA) is 58.2 Å². The highest BCUT2D eigenvalue weighted by atomic mass is 32.2. The lowest BCUT2D eigenvalue weighted by Crippen LogP contribution is -2.45. The minimum atomic E-state index is -0.685. The number of hydrogen-bond donors (Lipinski definition) is 2. The van der Waals surface area contributed by atoms with Crippen molar-refractivity contribution >= 4 is 29.3 Å². The van der Waals surface area contributed by atoms with E-state index in [9.17, 15) is 9.59 Å². The molecule has 0 saturated heterocycles. The summed E-state index contributed by atoms with van der Waals surface area (Å²) < 4.78 is 0. The van der Waals surface area contributed by atoms with Crippen molar-refractivity contribution in [1.82, 2.24) is 5.32 Å². The van der Waals surface area contributed by atoms with E-state index >= 15 is 0 Å². The van der Waals surface area contributed by atoms with Gasteiger partial charge in [-0.2, -0.15) is 0 Å². The first-order valence-electron chi connectivity index (χ1n) is 9.00. The summed E-state index contributed by atoms with van der Waals surface area (Å²) >= 11 is 1.64. The van der Waals surface area contributed by atoms with Crippen LogP contribution in [0.5, 0.6) is 0 Å². The number of thioether (sulfide) groups is 1. The van der Waals surface area contributed by atoms with Crippen molar-refractivity contribution in [3.05, 3.63) is 96.1 Å². The summed E-state index contributed by atoms with van der Waals surface area (Å²) in [4.78, 5) is 26.6. The molecule has 0 heterocycles. The van der Waals surface area contributed by atoms with Gasteiger partial charge in [0.05, 0.1) is 0 Å². The lowest BCUT2D eigenvalue weighted by atomic mass is 10.0. The Hall–Kier alpha value is -3.05. The van der Waals surface area contributed by atoms with Crippen molar-refractivity contribution < 1.29 is 9.59 Å². The number of carbonyl (C=O) groups is 2. The van der Waals surface area contributed by atoms with E-state index in [0.717, 1.165) is 10.5 Å². The van der Waals surface area contributed by atoms with E-state index in [4.69, 9.17) is 0 Å². The minimum Gasteiger partial charge on any atom is -0.340 e.